The molecule has 3 rings (SSSR count). The Kier molecular flexibility index (Phi) is 2.95. The largest absolute Gasteiger partial charge is 0.362 e. The third kappa shape index (κ3) is 2.13. The Morgan fingerprint density at radius 3 is 2.94 bits per heavy atom. The molecule has 1 aliphatic heterocycles. The van der Waals surface area contributed by atoms with Crippen molar-refractivity contribution in [3.8, 4) is 5.69 Å². The van der Waals surface area contributed by atoms with Crippen molar-refractivity contribution in [2.45, 2.75) is 12.4 Å². The Balaban J connectivity index is 1.92. The zero-order valence-electron chi connectivity index (χ0n) is 9.80. The molecule has 88 valence electrons. The summed E-state index contributed by atoms with van der Waals surface area (Å²) < 4.78 is 7.84. The Labute approximate surface area is 106 Å². The number of rotatable bonds is 2. The lowest BCUT2D eigenvalue weighted by Crippen LogP contribution is -1.94. The van der Waals surface area contributed by atoms with E-state index in [2.05, 4.69) is 54.2 Å². The molecule has 0 N–H and O–H groups in total. The second kappa shape index (κ2) is 4.59. The van der Waals surface area contributed by atoms with Gasteiger partial charge in [-0.05, 0) is 24.6 Å². The van der Waals surface area contributed by atoms with Crippen molar-refractivity contribution < 1.29 is 4.74 Å². The fourth-order valence-electron chi connectivity index (χ4n) is 2.11. The van der Waals surface area contributed by atoms with Gasteiger partial charge in [0.25, 0.3) is 0 Å². The molecule has 1 aromatic heterocycles. The molecule has 2 nitrogen and oxygen atoms in total. The number of benzene rings is 1. The smallest absolute Gasteiger partial charge is 0.130 e. The maximum Gasteiger partial charge on any atom is 0.130 e. The van der Waals surface area contributed by atoms with Gasteiger partial charge < -0.3 is 9.30 Å². The molecule has 2 aromatic rings. The summed E-state index contributed by atoms with van der Waals surface area (Å²) in [6, 6.07) is 10.6. The van der Waals surface area contributed by atoms with Crippen LogP contribution >= 0.6 is 11.8 Å². The van der Waals surface area contributed by atoms with Crippen molar-refractivity contribution in [3.05, 3.63) is 53.9 Å². The topological polar surface area (TPSA) is 14.2 Å². The first-order chi connectivity index (χ1) is 8.34. The highest BCUT2D eigenvalue weighted by molar-refractivity contribution is 7.99. The van der Waals surface area contributed by atoms with Crippen LogP contribution in [0.5, 0.6) is 0 Å². The molecule has 1 aromatic carbocycles. The van der Waals surface area contributed by atoms with E-state index in [1.54, 1.807) is 0 Å². The highest BCUT2D eigenvalue weighted by atomic mass is 32.2. The summed E-state index contributed by atoms with van der Waals surface area (Å²) in [6.07, 6.45) is 4.28. The van der Waals surface area contributed by atoms with Gasteiger partial charge in [0.1, 0.15) is 5.44 Å². The lowest BCUT2D eigenvalue weighted by Gasteiger charge is -2.07. The fourth-order valence-corrected chi connectivity index (χ4v) is 3.04. The van der Waals surface area contributed by atoms with E-state index >= 15 is 0 Å². The van der Waals surface area contributed by atoms with Crippen molar-refractivity contribution >= 4 is 11.8 Å². The number of nitrogens with zero attached hydrogens (tertiary/aromatic N) is 1. The van der Waals surface area contributed by atoms with Crippen molar-refractivity contribution in [2.75, 3.05) is 12.4 Å². The predicted octanol–water partition coefficient (Wildman–Crippen LogP) is 3.55. The van der Waals surface area contributed by atoms with Gasteiger partial charge in [0.2, 0.25) is 0 Å². The molecular weight excluding hydrogens is 230 g/mol. The normalized spacial score (nSPS) is 19.7. The minimum Gasteiger partial charge on any atom is -0.362 e. The quantitative estimate of drug-likeness (QED) is 0.803. The fraction of sp³-hybridized carbons (Fsp3) is 0.286. The summed E-state index contributed by atoms with van der Waals surface area (Å²) >= 11 is 1.87. The van der Waals surface area contributed by atoms with Crippen molar-refractivity contribution in [1.82, 2.24) is 4.57 Å². The number of aryl methyl sites for hydroxylation is 1. The Hall–Kier alpha value is -1.19. The van der Waals surface area contributed by atoms with Gasteiger partial charge in [0.15, 0.2) is 0 Å². The van der Waals surface area contributed by atoms with E-state index < -0.39 is 0 Å². The van der Waals surface area contributed by atoms with E-state index in [0.29, 0.717) is 0 Å². The van der Waals surface area contributed by atoms with Crippen molar-refractivity contribution in [1.29, 1.82) is 0 Å². The second-order valence-corrected chi connectivity index (χ2v) is 5.38. The Morgan fingerprint density at radius 2 is 2.18 bits per heavy atom. The van der Waals surface area contributed by atoms with Crippen molar-refractivity contribution in [3.63, 3.8) is 0 Å². The minimum atomic E-state index is 0.222. The van der Waals surface area contributed by atoms with Gasteiger partial charge in [0, 0.05) is 29.4 Å². The molecule has 0 unspecified atom stereocenters. The highest BCUT2D eigenvalue weighted by Gasteiger charge is 2.19. The van der Waals surface area contributed by atoms with E-state index in [1.165, 1.54) is 16.8 Å². The maximum atomic E-state index is 5.67. The molecule has 0 aliphatic carbocycles. The van der Waals surface area contributed by atoms with Crippen LogP contribution in [-0.2, 0) is 4.74 Å². The average Bonchev–Trinajstić information content (AvgIpc) is 3.00. The molecule has 0 bridgehead atoms. The van der Waals surface area contributed by atoms with Crippen LogP contribution < -0.4 is 0 Å². The molecule has 1 saturated heterocycles. The summed E-state index contributed by atoms with van der Waals surface area (Å²) in [5.74, 6) is 1.10. The number of ether oxygens (including phenoxy) is 1. The van der Waals surface area contributed by atoms with Crippen LogP contribution in [0.2, 0.25) is 0 Å². The monoisotopic (exact) mass is 245 g/mol. The van der Waals surface area contributed by atoms with Gasteiger partial charge in [0.05, 0.1) is 6.61 Å². The van der Waals surface area contributed by atoms with Crippen molar-refractivity contribution in [2.24, 2.45) is 0 Å². The van der Waals surface area contributed by atoms with Crippen LogP contribution in [0.15, 0.2) is 42.7 Å². The number of hydrogen-bond acceptors (Lipinski definition) is 2. The highest BCUT2D eigenvalue weighted by Crippen LogP contribution is 2.35. The molecule has 1 fully saturated rings. The van der Waals surface area contributed by atoms with Crippen LogP contribution in [0.3, 0.4) is 0 Å². The van der Waals surface area contributed by atoms with Crippen LogP contribution in [-0.4, -0.2) is 16.9 Å². The lowest BCUT2D eigenvalue weighted by molar-refractivity contribution is 0.145. The molecule has 2 heterocycles. The summed E-state index contributed by atoms with van der Waals surface area (Å²) in [5, 5.41) is 0. The molecular formula is C14H15NOS. The zero-order valence-corrected chi connectivity index (χ0v) is 10.6. The first-order valence-electron chi connectivity index (χ1n) is 5.82. The summed E-state index contributed by atoms with van der Waals surface area (Å²) in [4.78, 5) is 0. The molecule has 17 heavy (non-hydrogen) atoms. The predicted molar refractivity (Wildman–Crippen MR) is 71.7 cm³/mol. The number of aromatic nitrogens is 1. The molecule has 0 spiro atoms. The third-order valence-electron chi connectivity index (χ3n) is 3.00. The van der Waals surface area contributed by atoms with E-state index in [0.717, 1.165) is 12.4 Å². The SMILES string of the molecule is Cc1ccccc1-n1ccc([C@H]2OCCS2)c1. The van der Waals surface area contributed by atoms with Gasteiger partial charge in [-0.25, -0.2) is 0 Å². The maximum absolute atomic E-state index is 5.67. The summed E-state index contributed by atoms with van der Waals surface area (Å²) in [7, 11) is 0. The first-order valence-corrected chi connectivity index (χ1v) is 6.86. The van der Waals surface area contributed by atoms with E-state index in [9.17, 15) is 0 Å². The van der Waals surface area contributed by atoms with Crippen LogP contribution in [0.1, 0.15) is 16.6 Å². The lowest BCUT2D eigenvalue weighted by atomic mass is 10.2. The van der Waals surface area contributed by atoms with Gasteiger partial charge in [-0.2, -0.15) is 0 Å². The van der Waals surface area contributed by atoms with Crippen LogP contribution in [0, 0.1) is 6.92 Å². The second-order valence-electron chi connectivity index (χ2n) is 4.21. The number of hydrogen-bond donors (Lipinski definition) is 0. The zero-order chi connectivity index (χ0) is 11.7. The molecule has 0 radical (unpaired) electrons. The summed E-state index contributed by atoms with van der Waals surface area (Å²) in [6.45, 7) is 3.00. The van der Waals surface area contributed by atoms with Gasteiger partial charge >= 0.3 is 0 Å². The minimum absolute atomic E-state index is 0.222. The van der Waals surface area contributed by atoms with Crippen LogP contribution in [0.25, 0.3) is 5.69 Å². The molecule has 0 saturated carbocycles. The van der Waals surface area contributed by atoms with Crippen LogP contribution in [0.4, 0.5) is 0 Å². The van der Waals surface area contributed by atoms with E-state index in [4.69, 9.17) is 4.74 Å². The van der Waals surface area contributed by atoms with Gasteiger partial charge in [-0.3, -0.25) is 0 Å². The molecule has 1 atom stereocenters. The average molecular weight is 245 g/mol. The molecule has 1 aliphatic rings. The van der Waals surface area contributed by atoms with Gasteiger partial charge in [-0.15, -0.1) is 11.8 Å². The molecule has 0 amide bonds. The van der Waals surface area contributed by atoms with E-state index in [-0.39, 0.29) is 5.44 Å². The van der Waals surface area contributed by atoms with E-state index in [1.807, 2.05) is 11.8 Å². The summed E-state index contributed by atoms with van der Waals surface area (Å²) in [5.41, 5.74) is 4.01. The first kappa shape index (κ1) is 10.9. The Bertz CT molecular complexity index is 514. The molecule has 3 heteroatoms. The standard InChI is InChI=1S/C14H15NOS/c1-11-4-2-3-5-13(11)15-7-6-12(10-15)14-16-8-9-17-14/h2-7,10,14H,8-9H2,1H3/t14-/m0/s1. The third-order valence-corrected chi connectivity index (χ3v) is 4.12. The number of thioether (sulfide) groups is 1. The Morgan fingerprint density at radius 1 is 1.29 bits per heavy atom. The number of para-hydroxylation sites is 1. The van der Waals surface area contributed by atoms with Gasteiger partial charge in [-0.1, -0.05) is 18.2 Å².